The number of hydrogen-bond donors (Lipinski definition) is 0. The summed E-state index contributed by atoms with van der Waals surface area (Å²) in [5.74, 6) is -0.747. The van der Waals surface area contributed by atoms with Crippen LogP contribution in [0.4, 0.5) is 0 Å². The smallest absolute Gasteiger partial charge is 0.273 e. The van der Waals surface area contributed by atoms with Crippen LogP contribution >= 0.6 is 0 Å². The van der Waals surface area contributed by atoms with Gasteiger partial charge in [0, 0.05) is 13.8 Å². The van der Waals surface area contributed by atoms with E-state index in [-0.39, 0.29) is 22.9 Å². The van der Waals surface area contributed by atoms with Gasteiger partial charge in [-0.1, -0.05) is 36.4 Å². The third kappa shape index (κ3) is 3.08. The third-order valence-corrected chi connectivity index (χ3v) is 5.42. The lowest BCUT2D eigenvalue weighted by molar-refractivity contribution is 0.0900. The molecular weight excluding hydrogens is 408 g/mol. The molecule has 2 aromatic heterocycles. The van der Waals surface area contributed by atoms with Crippen molar-refractivity contribution in [3.05, 3.63) is 92.8 Å². The van der Waals surface area contributed by atoms with E-state index in [0.717, 1.165) is 0 Å². The molecule has 0 saturated carbocycles. The van der Waals surface area contributed by atoms with Gasteiger partial charge in [0.15, 0.2) is 0 Å². The molecule has 0 atom stereocenters. The first-order valence-electron chi connectivity index (χ1n) is 10.1. The second kappa shape index (κ2) is 7.81. The molecule has 0 aliphatic heterocycles. The van der Waals surface area contributed by atoms with E-state index in [1.165, 1.54) is 32.6 Å². The van der Waals surface area contributed by atoms with Gasteiger partial charge in [0.25, 0.3) is 11.1 Å². The van der Waals surface area contributed by atoms with E-state index in [0.29, 0.717) is 22.8 Å². The summed E-state index contributed by atoms with van der Waals surface area (Å²) in [5.41, 5.74) is 0.811. The Balaban J connectivity index is 2.13. The molecule has 0 radical (unpaired) electrons. The van der Waals surface area contributed by atoms with Crippen molar-refractivity contribution in [2.45, 2.75) is 27.7 Å². The maximum Gasteiger partial charge on any atom is 0.280 e. The first-order valence-corrected chi connectivity index (χ1v) is 10.1. The Morgan fingerprint density at radius 1 is 0.594 bits per heavy atom. The second-order valence-electron chi connectivity index (χ2n) is 7.49. The average Bonchev–Trinajstić information content (AvgIpc) is 3.18. The Morgan fingerprint density at radius 2 is 0.906 bits per heavy atom. The molecule has 0 unspecified atom stereocenters. The van der Waals surface area contributed by atoms with Crippen LogP contribution in [0.5, 0.6) is 0 Å². The molecule has 0 N–H and O–H groups in total. The first kappa shape index (κ1) is 21.0. The zero-order valence-electron chi connectivity index (χ0n) is 18.2. The molecule has 2 aromatic carbocycles. The predicted molar refractivity (Wildman–Crippen MR) is 121 cm³/mol. The quantitative estimate of drug-likeness (QED) is 0.499. The standard InChI is InChI=1S/C24H22N4O4/c1-15-21(23(31)27(25(15)17(3)29)19-11-7-5-8-12-19)22-16(2)26(18(4)30)28(24(22)32)20-13-9-6-10-14-20/h5-14H,1-4H3. The monoisotopic (exact) mass is 430 g/mol. The minimum Gasteiger partial charge on any atom is -0.273 e. The Kier molecular flexibility index (Phi) is 5.14. The summed E-state index contributed by atoms with van der Waals surface area (Å²) in [5, 5.41) is 0. The molecule has 8 nitrogen and oxygen atoms in total. The lowest BCUT2D eigenvalue weighted by Crippen LogP contribution is -2.26. The van der Waals surface area contributed by atoms with Crippen LogP contribution in [0.2, 0.25) is 0 Å². The summed E-state index contributed by atoms with van der Waals surface area (Å²) in [6.07, 6.45) is 0. The maximum atomic E-state index is 13.6. The van der Waals surface area contributed by atoms with Gasteiger partial charge < -0.3 is 0 Å². The third-order valence-electron chi connectivity index (χ3n) is 5.42. The van der Waals surface area contributed by atoms with Gasteiger partial charge >= 0.3 is 0 Å². The molecule has 0 saturated heterocycles. The minimum atomic E-state index is -0.509. The zero-order chi connectivity index (χ0) is 23.2. The van der Waals surface area contributed by atoms with Gasteiger partial charge in [-0.3, -0.25) is 19.2 Å². The lowest BCUT2D eigenvalue weighted by atomic mass is 10.1. The molecule has 2 heterocycles. The van der Waals surface area contributed by atoms with Crippen molar-refractivity contribution in [1.82, 2.24) is 18.7 Å². The van der Waals surface area contributed by atoms with Crippen LogP contribution in [-0.4, -0.2) is 30.5 Å². The second-order valence-corrected chi connectivity index (χ2v) is 7.49. The Hall–Kier alpha value is -4.20. The normalized spacial score (nSPS) is 11.0. The fourth-order valence-corrected chi connectivity index (χ4v) is 4.15. The van der Waals surface area contributed by atoms with Crippen LogP contribution in [0.15, 0.2) is 70.3 Å². The molecule has 0 bridgehead atoms. The van der Waals surface area contributed by atoms with Gasteiger partial charge in [-0.25, -0.2) is 18.7 Å². The molecule has 0 aliphatic carbocycles. The number of rotatable bonds is 3. The van der Waals surface area contributed by atoms with Crippen LogP contribution in [0, 0.1) is 13.8 Å². The van der Waals surface area contributed by atoms with Crippen molar-refractivity contribution in [3.8, 4) is 22.5 Å². The summed E-state index contributed by atoms with van der Waals surface area (Å²) < 4.78 is 5.02. The van der Waals surface area contributed by atoms with E-state index in [4.69, 9.17) is 0 Å². The molecule has 32 heavy (non-hydrogen) atoms. The van der Waals surface area contributed by atoms with Crippen molar-refractivity contribution in [1.29, 1.82) is 0 Å². The van der Waals surface area contributed by atoms with E-state index in [9.17, 15) is 19.2 Å². The van der Waals surface area contributed by atoms with Crippen molar-refractivity contribution in [2.75, 3.05) is 0 Å². The van der Waals surface area contributed by atoms with Gasteiger partial charge in [0.1, 0.15) is 0 Å². The Morgan fingerprint density at radius 3 is 1.19 bits per heavy atom. The van der Waals surface area contributed by atoms with E-state index >= 15 is 0 Å². The van der Waals surface area contributed by atoms with Crippen LogP contribution in [0.25, 0.3) is 22.5 Å². The molecular formula is C24H22N4O4. The zero-order valence-corrected chi connectivity index (χ0v) is 18.2. The number of hydrogen-bond acceptors (Lipinski definition) is 4. The van der Waals surface area contributed by atoms with Gasteiger partial charge in [-0.2, -0.15) is 0 Å². The van der Waals surface area contributed by atoms with Gasteiger partial charge in [0.2, 0.25) is 11.8 Å². The molecule has 4 aromatic rings. The van der Waals surface area contributed by atoms with E-state index < -0.39 is 11.1 Å². The van der Waals surface area contributed by atoms with Crippen LogP contribution < -0.4 is 11.1 Å². The number of para-hydroxylation sites is 2. The Bertz CT molecular complexity index is 1350. The van der Waals surface area contributed by atoms with Crippen molar-refractivity contribution in [3.63, 3.8) is 0 Å². The van der Waals surface area contributed by atoms with Crippen molar-refractivity contribution in [2.24, 2.45) is 0 Å². The number of aromatic nitrogens is 4. The van der Waals surface area contributed by atoms with Crippen LogP contribution in [0.1, 0.15) is 34.8 Å². The van der Waals surface area contributed by atoms with Crippen molar-refractivity contribution >= 4 is 11.8 Å². The fourth-order valence-electron chi connectivity index (χ4n) is 4.15. The predicted octanol–water partition coefficient (Wildman–Crippen LogP) is 3.20. The van der Waals surface area contributed by atoms with Crippen molar-refractivity contribution < 1.29 is 9.59 Å². The molecule has 0 aliphatic rings. The summed E-state index contributed by atoms with van der Waals surface area (Å²) in [4.78, 5) is 52.2. The summed E-state index contributed by atoms with van der Waals surface area (Å²) in [6.45, 7) is 5.94. The number of carbonyl (C=O) groups is 2. The van der Waals surface area contributed by atoms with Crippen LogP contribution in [-0.2, 0) is 0 Å². The van der Waals surface area contributed by atoms with E-state index in [1.54, 1.807) is 74.5 Å². The van der Waals surface area contributed by atoms with Gasteiger partial charge in [-0.15, -0.1) is 0 Å². The Labute approximate surface area is 183 Å². The maximum absolute atomic E-state index is 13.6. The SMILES string of the molecule is CC(=O)n1c(C)c(-c2c(C)n(C(C)=O)n(-c3ccccc3)c2=O)c(=O)n1-c1ccccc1. The molecule has 0 amide bonds. The number of benzene rings is 2. The fraction of sp³-hybridized carbons (Fsp3) is 0.167. The highest BCUT2D eigenvalue weighted by atomic mass is 16.2. The van der Waals surface area contributed by atoms with Gasteiger partial charge in [-0.05, 0) is 38.1 Å². The average molecular weight is 430 g/mol. The summed E-state index contributed by atoms with van der Waals surface area (Å²) >= 11 is 0. The molecule has 8 heteroatoms. The highest BCUT2D eigenvalue weighted by molar-refractivity contribution is 5.83. The van der Waals surface area contributed by atoms with Gasteiger partial charge in [0.05, 0.1) is 33.9 Å². The highest BCUT2D eigenvalue weighted by Gasteiger charge is 2.29. The largest absolute Gasteiger partial charge is 0.280 e. The lowest BCUT2D eigenvalue weighted by Gasteiger charge is -2.09. The van der Waals surface area contributed by atoms with E-state index in [2.05, 4.69) is 0 Å². The molecule has 0 spiro atoms. The highest BCUT2D eigenvalue weighted by Crippen LogP contribution is 2.24. The number of nitrogens with zero attached hydrogens (tertiary/aromatic N) is 4. The molecule has 4 rings (SSSR count). The minimum absolute atomic E-state index is 0.0937. The first-order chi connectivity index (χ1) is 15.3. The molecule has 162 valence electrons. The molecule has 0 fully saturated rings. The topological polar surface area (TPSA) is 88.0 Å². The number of carbonyl (C=O) groups excluding carboxylic acids is 2. The van der Waals surface area contributed by atoms with Crippen LogP contribution in [0.3, 0.4) is 0 Å². The summed E-state index contributed by atoms with van der Waals surface area (Å²) in [6, 6.07) is 17.5. The summed E-state index contributed by atoms with van der Waals surface area (Å²) in [7, 11) is 0. The van der Waals surface area contributed by atoms with E-state index in [1.807, 2.05) is 0 Å².